The average molecular weight is 185 g/mol. The van der Waals surface area contributed by atoms with Crippen molar-refractivity contribution in [3.8, 4) is 0 Å². The van der Waals surface area contributed by atoms with Crippen LogP contribution in [0.1, 0.15) is 19.8 Å². The highest BCUT2D eigenvalue weighted by Gasteiger charge is 2.60. The molecule has 1 saturated heterocycles. The molecule has 3 N–H and O–H groups in total. The molecule has 0 radical (unpaired) electrons. The van der Waals surface area contributed by atoms with Crippen LogP contribution in [-0.4, -0.2) is 29.3 Å². The first-order valence-electron chi connectivity index (χ1n) is 4.68. The first-order chi connectivity index (χ1) is 6.05. The van der Waals surface area contributed by atoms with Gasteiger partial charge in [-0.25, -0.2) is 0 Å². The summed E-state index contributed by atoms with van der Waals surface area (Å²) in [4.78, 5) is 10.6. The number of hydrogen-bond acceptors (Lipinski definition) is 3. The van der Waals surface area contributed by atoms with Gasteiger partial charge < -0.3 is 15.6 Å². The standard InChI is InChI=1S/C9H15NO3/c1-5-8-6(2-3-13-8)9(5,10)4-7(11)12/h5-6,8H,2-4,10H2,1H3,(H,11,12). The molecule has 74 valence electrons. The Bertz CT molecular complexity index is 243. The van der Waals surface area contributed by atoms with E-state index in [1.165, 1.54) is 0 Å². The summed E-state index contributed by atoms with van der Waals surface area (Å²) in [5.41, 5.74) is 5.55. The lowest BCUT2D eigenvalue weighted by Gasteiger charge is -2.54. The van der Waals surface area contributed by atoms with Gasteiger partial charge in [-0.1, -0.05) is 6.92 Å². The van der Waals surface area contributed by atoms with Crippen LogP contribution in [0.5, 0.6) is 0 Å². The van der Waals surface area contributed by atoms with Gasteiger partial charge in [-0.05, 0) is 6.42 Å². The van der Waals surface area contributed by atoms with Crippen molar-refractivity contribution in [2.45, 2.75) is 31.4 Å². The molecule has 1 aliphatic heterocycles. The topological polar surface area (TPSA) is 72.5 Å². The fourth-order valence-electron chi connectivity index (χ4n) is 2.76. The van der Waals surface area contributed by atoms with Crippen molar-refractivity contribution in [3.05, 3.63) is 0 Å². The molecule has 4 unspecified atom stereocenters. The fourth-order valence-corrected chi connectivity index (χ4v) is 2.76. The number of carboxylic acids is 1. The quantitative estimate of drug-likeness (QED) is 0.645. The molecule has 0 amide bonds. The largest absolute Gasteiger partial charge is 0.481 e. The zero-order chi connectivity index (χ0) is 9.64. The number of rotatable bonds is 2. The minimum atomic E-state index is -0.806. The maximum atomic E-state index is 10.6. The van der Waals surface area contributed by atoms with Crippen molar-refractivity contribution in [3.63, 3.8) is 0 Å². The third-order valence-corrected chi connectivity index (χ3v) is 3.62. The Labute approximate surface area is 77.1 Å². The summed E-state index contributed by atoms with van der Waals surface area (Å²) >= 11 is 0. The van der Waals surface area contributed by atoms with E-state index in [0.29, 0.717) is 0 Å². The Kier molecular flexibility index (Phi) is 1.85. The monoisotopic (exact) mass is 185 g/mol. The third kappa shape index (κ3) is 1.09. The number of aliphatic carboxylic acids is 1. The molecule has 0 bridgehead atoms. The van der Waals surface area contributed by atoms with E-state index in [4.69, 9.17) is 15.6 Å². The summed E-state index contributed by atoms with van der Waals surface area (Å²) in [5, 5.41) is 8.73. The van der Waals surface area contributed by atoms with E-state index in [0.717, 1.165) is 13.0 Å². The zero-order valence-corrected chi connectivity index (χ0v) is 7.69. The number of hydrogen-bond donors (Lipinski definition) is 2. The van der Waals surface area contributed by atoms with Crippen molar-refractivity contribution in [2.75, 3.05) is 6.61 Å². The SMILES string of the molecule is CC1C2OCCC2C1(N)CC(=O)O. The predicted octanol–water partition coefficient (Wildman–Crippen LogP) is 0.213. The van der Waals surface area contributed by atoms with Crippen LogP contribution in [0.4, 0.5) is 0 Å². The summed E-state index contributed by atoms with van der Waals surface area (Å²) in [6.45, 7) is 2.72. The van der Waals surface area contributed by atoms with Gasteiger partial charge in [-0.2, -0.15) is 0 Å². The van der Waals surface area contributed by atoms with E-state index in [9.17, 15) is 4.79 Å². The molecule has 0 aromatic heterocycles. The lowest BCUT2D eigenvalue weighted by Crippen LogP contribution is -2.69. The van der Waals surface area contributed by atoms with Crippen LogP contribution >= 0.6 is 0 Å². The molecule has 1 saturated carbocycles. The van der Waals surface area contributed by atoms with Crippen LogP contribution in [0.3, 0.4) is 0 Å². The smallest absolute Gasteiger partial charge is 0.305 e. The van der Waals surface area contributed by atoms with Gasteiger partial charge in [-0.3, -0.25) is 4.79 Å². The summed E-state index contributed by atoms with van der Waals surface area (Å²) in [6, 6.07) is 0. The van der Waals surface area contributed by atoms with E-state index < -0.39 is 11.5 Å². The summed E-state index contributed by atoms with van der Waals surface area (Å²) in [7, 11) is 0. The van der Waals surface area contributed by atoms with E-state index in [-0.39, 0.29) is 24.4 Å². The van der Waals surface area contributed by atoms with Crippen LogP contribution in [0, 0.1) is 11.8 Å². The van der Waals surface area contributed by atoms with Gasteiger partial charge >= 0.3 is 5.97 Å². The Morgan fingerprint density at radius 2 is 2.46 bits per heavy atom. The molecular weight excluding hydrogens is 170 g/mol. The number of carboxylic acid groups (broad SMARTS) is 1. The van der Waals surface area contributed by atoms with Crippen molar-refractivity contribution in [1.29, 1.82) is 0 Å². The molecule has 4 nitrogen and oxygen atoms in total. The van der Waals surface area contributed by atoms with E-state index >= 15 is 0 Å². The van der Waals surface area contributed by atoms with Gasteiger partial charge in [0.15, 0.2) is 0 Å². The molecule has 0 aromatic carbocycles. The summed E-state index contributed by atoms with van der Waals surface area (Å²) in [5.74, 6) is -0.366. The highest BCUT2D eigenvalue weighted by atomic mass is 16.5. The molecule has 1 aliphatic carbocycles. The number of ether oxygens (including phenoxy) is 1. The van der Waals surface area contributed by atoms with Crippen LogP contribution < -0.4 is 5.73 Å². The van der Waals surface area contributed by atoms with E-state index in [1.54, 1.807) is 0 Å². The molecule has 13 heavy (non-hydrogen) atoms. The van der Waals surface area contributed by atoms with Crippen molar-refractivity contribution in [1.82, 2.24) is 0 Å². The van der Waals surface area contributed by atoms with Gasteiger partial charge in [0.2, 0.25) is 0 Å². The molecular formula is C9H15NO3. The molecule has 2 rings (SSSR count). The lowest BCUT2D eigenvalue weighted by molar-refractivity contribution is -0.147. The van der Waals surface area contributed by atoms with Crippen molar-refractivity contribution in [2.24, 2.45) is 17.6 Å². The van der Waals surface area contributed by atoms with Crippen molar-refractivity contribution >= 4 is 5.97 Å². The second kappa shape index (κ2) is 2.69. The number of fused-ring (bicyclic) bond motifs is 1. The Hall–Kier alpha value is -0.610. The van der Waals surface area contributed by atoms with Crippen LogP contribution in [-0.2, 0) is 9.53 Å². The van der Waals surface area contributed by atoms with Crippen LogP contribution in [0.2, 0.25) is 0 Å². The Morgan fingerprint density at radius 1 is 1.77 bits per heavy atom. The minimum absolute atomic E-state index is 0.0681. The van der Waals surface area contributed by atoms with Crippen LogP contribution in [0.25, 0.3) is 0 Å². The molecule has 0 spiro atoms. The normalized spacial score (nSPS) is 48.3. The van der Waals surface area contributed by atoms with E-state index in [1.807, 2.05) is 6.92 Å². The second-order valence-electron chi connectivity index (χ2n) is 4.20. The van der Waals surface area contributed by atoms with Gasteiger partial charge in [0.1, 0.15) is 0 Å². The van der Waals surface area contributed by atoms with Gasteiger partial charge in [0.05, 0.1) is 12.5 Å². The zero-order valence-electron chi connectivity index (χ0n) is 7.69. The van der Waals surface area contributed by atoms with Gasteiger partial charge in [0.25, 0.3) is 0 Å². The summed E-state index contributed by atoms with van der Waals surface area (Å²) in [6.07, 6.45) is 1.20. The summed E-state index contributed by atoms with van der Waals surface area (Å²) < 4.78 is 5.47. The maximum Gasteiger partial charge on any atom is 0.305 e. The number of carbonyl (C=O) groups is 1. The average Bonchev–Trinajstić information content (AvgIpc) is 2.47. The molecule has 2 aliphatic rings. The molecule has 4 atom stereocenters. The second-order valence-corrected chi connectivity index (χ2v) is 4.20. The van der Waals surface area contributed by atoms with Crippen molar-refractivity contribution < 1.29 is 14.6 Å². The maximum absolute atomic E-state index is 10.6. The van der Waals surface area contributed by atoms with Crippen LogP contribution in [0.15, 0.2) is 0 Å². The molecule has 4 heteroatoms. The fraction of sp³-hybridized carbons (Fsp3) is 0.889. The third-order valence-electron chi connectivity index (χ3n) is 3.62. The highest BCUT2D eigenvalue weighted by molar-refractivity contribution is 5.69. The molecule has 0 aromatic rings. The first kappa shape index (κ1) is 8.97. The Balaban J connectivity index is 2.10. The predicted molar refractivity (Wildman–Crippen MR) is 46.2 cm³/mol. The lowest BCUT2D eigenvalue weighted by atomic mass is 9.56. The highest BCUT2D eigenvalue weighted by Crippen LogP contribution is 2.51. The van der Waals surface area contributed by atoms with Gasteiger partial charge in [0, 0.05) is 24.0 Å². The van der Waals surface area contributed by atoms with Gasteiger partial charge in [-0.15, -0.1) is 0 Å². The Morgan fingerprint density at radius 3 is 3.08 bits per heavy atom. The first-order valence-corrected chi connectivity index (χ1v) is 4.68. The van der Waals surface area contributed by atoms with E-state index in [2.05, 4.69) is 0 Å². The number of nitrogens with two attached hydrogens (primary N) is 1. The molecule has 2 fully saturated rings. The molecule has 1 heterocycles. The minimum Gasteiger partial charge on any atom is -0.481 e.